The van der Waals surface area contributed by atoms with E-state index in [4.69, 9.17) is 4.74 Å². The summed E-state index contributed by atoms with van der Waals surface area (Å²) >= 11 is 0. The summed E-state index contributed by atoms with van der Waals surface area (Å²) in [6.07, 6.45) is -0.647. The van der Waals surface area contributed by atoms with E-state index >= 15 is 0 Å². The molecule has 0 atom stereocenters. The molecule has 3 aromatic carbocycles. The van der Waals surface area contributed by atoms with Crippen LogP contribution in [-0.2, 0) is 16.1 Å². The third kappa shape index (κ3) is 3.32. The maximum atomic E-state index is 13.1. The van der Waals surface area contributed by atoms with Crippen molar-refractivity contribution < 1.29 is 14.3 Å². The van der Waals surface area contributed by atoms with Gasteiger partial charge in [0.1, 0.15) is 0 Å². The highest BCUT2D eigenvalue weighted by atomic mass is 16.6. The first-order valence-electron chi connectivity index (χ1n) is 9.08. The highest BCUT2D eigenvalue weighted by Crippen LogP contribution is 2.34. The van der Waals surface area contributed by atoms with E-state index in [0.29, 0.717) is 5.57 Å². The molecule has 0 aliphatic carbocycles. The molecule has 138 valence electrons. The Balaban J connectivity index is 1.82. The Hall–Kier alpha value is -3.66. The van der Waals surface area contributed by atoms with Crippen LogP contribution in [0.2, 0.25) is 0 Å². The Bertz CT molecular complexity index is 1060. The van der Waals surface area contributed by atoms with E-state index in [1.807, 2.05) is 91.9 Å². The third-order valence-electron chi connectivity index (χ3n) is 4.74. The molecule has 4 nitrogen and oxygen atoms in total. The van der Waals surface area contributed by atoms with Crippen LogP contribution < -0.4 is 0 Å². The molecule has 1 saturated heterocycles. The van der Waals surface area contributed by atoms with Crippen LogP contribution in [-0.4, -0.2) is 16.9 Å². The van der Waals surface area contributed by atoms with Crippen LogP contribution >= 0.6 is 0 Å². The SMILES string of the molecule is Cc1ccccc1/C(=C1/OC(=O)N(Cc2ccccc2)C1=O)c1ccccc1. The van der Waals surface area contributed by atoms with Crippen LogP contribution in [0.1, 0.15) is 22.3 Å². The van der Waals surface area contributed by atoms with Crippen LogP contribution in [0, 0.1) is 6.92 Å². The monoisotopic (exact) mass is 369 g/mol. The van der Waals surface area contributed by atoms with E-state index in [1.54, 1.807) is 0 Å². The molecule has 1 heterocycles. The normalized spacial score (nSPS) is 15.5. The van der Waals surface area contributed by atoms with E-state index < -0.39 is 12.0 Å². The lowest BCUT2D eigenvalue weighted by atomic mass is 9.93. The number of benzene rings is 3. The van der Waals surface area contributed by atoms with Crippen LogP contribution in [0.25, 0.3) is 5.57 Å². The predicted octanol–water partition coefficient (Wildman–Crippen LogP) is 4.93. The topological polar surface area (TPSA) is 46.6 Å². The molecule has 2 amide bonds. The maximum absolute atomic E-state index is 13.1. The standard InChI is InChI=1S/C24H19NO3/c1-17-10-8-9-15-20(17)21(19-13-6-3-7-14-19)22-23(26)25(24(27)28-22)16-18-11-4-2-5-12-18/h2-15H,16H2,1H3/b22-21+. The fraction of sp³-hybridized carbons (Fsp3) is 0.0833. The highest BCUT2D eigenvalue weighted by molar-refractivity contribution is 6.13. The summed E-state index contributed by atoms with van der Waals surface area (Å²) in [5.74, 6) is -0.350. The molecule has 0 radical (unpaired) electrons. The number of hydrogen-bond donors (Lipinski definition) is 0. The second-order valence-electron chi connectivity index (χ2n) is 6.63. The summed E-state index contributed by atoms with van der Waals surface area (Å²) in [6, 6.07) is 26.7. The summed E-state index contributed by atoms with van der Waals surface area (Å²) in [4.78, 5) is 26.8. The number of ether oxygens (including phenoxy) is 1. The van der Waals surface area contributed by atoms with Gasteiger partial charge in [-0.25, -0.2) is 9.69 Å². The molecule has 0 unspecified atom stereocenters. The van der Waals surface area contributed by atoms with E-state index in [2.05, 4.69) is 0 Å². The van der Waals surface area contributed by atoms with Gasteiger partial charge >= 0.3 is 6.09 Å². The van der Waals surface area contributed by atoms with Gasteiger partial charge in [-0.2, -0.15) is 0 Å². The molecule has 0 aromatic heterocycles. The van der Waals surface area contributed by atoms with E-state index in [1.165, 1.54) is 0 Å². The van der Waals surface area contributed by atoms with Crippen LogP contribution in [0.3, 0.4) is 0 Å². The summed E-state index contributed by atoms with van der Waals surface area (Å²) in [7, 11) is 0. The smallest absolute Gasteiger partial charge is 0.403 e. The van der Waals surface area contributed by atoms with Crippen LogP contribution in [0.15, 0.2) is 90.7 Å². The van der Waals surface area contributed by atoms with Crippen LogP contribution in [0.5, 0.6) is 0 Å². The Morgan fingerprint density at radius 3 is 2.11 bits per heavy atom. The molecule has 3 aromatic rings. The molecule has 0 spiro atoms. The quantitative estimate of drug-likeness (QED) is 0.613. The Morgan fingerprint density at radius 1 is 0.821 bits per heavy atom. The number of imide groups is 1. The predicted molar refractivity (Wildman–Crippen MR) is 107 cm³/mol. The average Bonchev–Trinajstić information content (AvgIpc) is 2.99. The number of amides is 2. The van der Waals surface area contributed by atoms with Gasteiger partial charge in [-0.05, 0) is 29.2 Å². The molecule has 1 aliphatic heterocycles. The second-order valence-corrected chi connectivity index (χ2v) is 6.63. The molecular formula is C24H19NO3. The van der Waals surface area contributed by atoms with Crippen molar-refractivity contribution in [3.63, 3.8) is 0 Å². The minimum absolute atomic E-state index is 0.0708. The molecule has 0 N–H and O–H groups in total. The minimum atomic E-state index is -0.647. The lowest BCUT2D eigenvalue weighted by molar-refractivity contribution is -0.123. The Morgan fingerprint density at radius 2 is 1.43 bits per heavy atom. The zero-order valence-corrected chi connectivity index (χ0v) is 15.5. The molecule has 4 rings (SSSR count). The van der Waals surface area contributed by atoms with Gasteiger partial charge in [0.15, 0.2) is 0 Å². The summed E-state index contributed by atoms with van der Waals surface area (Å²) < 4.78 is 5.50. The fourth-order valence-electron chi connectivity index (χ4n) is 3.32. The number of carbonyl (C=O) groups is 2. The molecule has 1 aliphatic rings. The largest absolute Gasteiger partial charge is 0.422 e. The summed E-state index contributed by atoms with van der Waals surface area (Å²) in [5, 5.41) is 0. The number of rotatable bonds is 4. The molecule has 28 heavy (non-hydrogen) atoms. The molecular weight excluding hydrogens is 350 g/mol. The molecule has 0 bridgehead atoms. The van der Waals surface area contributed by atoms with Gasteiger partial charge in [0.25, 0.3) is 5.91 Å². The van der Waals surface area contributed by atoms with Gasteiger partial charge in [-0.15, -0.1) is 0 Å². The van der Waals surface area contributed by atoms with Crippen molar-refractivity contribution in [3.8, 4) is 0 Å². The number of carbonyl (C=O) groups excluding carboxylic acids is 2. The van der Waals surface area contributed by atoms with Gasteiger partial charge in [0.05, 0.1) is 6.54 Å². The molecule has 4 heteroatoms. The first-order valence-corrected chi connectivity index (χ1v) is 9.08. The minimum Gasteiger partial charge on any atom is -0.403 e. The van der Waals surface area contributed by atoms with Crippen LogP contribution in [0.4, 0.5) is 4.79 Å². The van der Waals surface area contributed by atoms with Crippen molar-refractivity contribution in [3.05, 3.63) is 113 Å². The summed E-state index contributed by atoms with van der Waals surface area (Å²) in [6.45, 7) is 2.15. The lowest BCUT2D eigenvalue weighted by Crippen LogP contribution is -2.28. The van der Waals surface area contributed by atoms with E-state index in [0.717, 1.165) is 27.2 Å². The fourth-order valence-corrected chi connectivity index (χ4v) is 3.32. The van der Waals surface area contributed by atoms with Crippen molar-refractivity contribution in [2.24, 2.45) is 0 Å². The molecule has 0 saturated carbocycles. The molecule has 1 fully saturated rings. The van der Waals surface area contributed by atoms with Crippen molar-refractivity contribution in [2.45, 2.75) is 13.5 Å². The van der Waals surface area contributed by atoms with Crippen molar-refractivity contribution in [1.29, 1.82) is 0 Å². The first kappa shape index (κ1) is 17.7. The van der Waals surface area contributed by atoms with Gasteiger partial charge in [-0.3, -0.25) is 4.79 Å². The lowest BCUT2D eigenvalue weighted by Gasteiger charge is -2.13. The first-order chi connectivity index (χ1) is 13.6. The second kappa shape index (κ2) is 7.53. The van der Waals surface area contributed by atoms with Gasteiger partial charge in [-0.1, -0.05) is 84.9 Å². The number of aryl methyl sites for hydroxylation is 1. The number of cyclic esters (lactones) is 1. The van der Waals surface area contributed by atoms with E-state index in [9.17, 15) is 9.59 Å². The highest BCUT2D eigenvalue weighted by Gasteiger charge is 2.39. The average molecular weight is 369 g/mol. The summed E-state index contributed by atoms with van der Waals surface area (Å²) in [5.41, 5.74) is 4.19. The zero-order chi connectivity index (χ0) is 19.5. The van der Waals surface area contributed by atoms with E-state index in [-0.39, 0.29) is 12.3 Å². The van der Waals surface area contributed by atoms with Gasteiger partial charge in [0.2, 0.25) is 5.76 Å². The van der Waals surface area contributed by atoms with Crippen molar-refractivity contribution in [1.82, 2.24) is 4.90 Å². The van der Waals surface area contributed by atoms with Gasteiger partial charge < -0.3 is 4.74 Å². The third-order valence-corrected chi connectivity index (χ3v) is 4.74. The maximum Gasteiger partial charge on any atom is 0.422 e. The zero-order valence-electron chi connectivity index (χ0n) is 15.5. The number of nitrogens with zero attached hydrogens (tertiary/aromatic N) is 1. The van der Waals surface area contributed by atoms with Gasteiger partial charge in [0, 0.05) is 5.57 Å². The Kier molecular flexibility index (Phi) is 4.77. The van der Waals surface area contributed by atoms with Crippen molar-refractivity contribution >= 4 is 17.6 Å². The number of hydrogen-bond acceptors (Lipinski definition) is 3. The van der Waals surface area contributed by atoms with Crippen molar-refractivity contribution in [2.75, 3.05) is 0 Å². The Labute approximate surface area is 163 Å².